The van der Waals surface area contributed by atoms with Crippen LogP contribution in [0.3, 0.4) is 0 Å². The van der Waals surface area contributed by atoms with Gasteiger partial charge in [0.05, 0.1) is 33.5 Å². The first-order valence-electron chi connectivity index (χ1n) is 25.9. The van der Waals surface area contributed by atoms with E-state index >= 15 is 0 Å². The zero-order valence-electron chi connectivity index (χ0n) is 41.5. The summed E-state index contributed by atoms with van der Waals surface area (Å²) in [6, 6.07) is 106. The number of hydrogen-bond donors (Lipinski definition) is 0. The summed E-state index contributed by atoms with van der Waals surface area (Å²) < 4.78 is 4.77. The number of rotatable bonds is 11. The van der Waals surface area contributed by atoms with Gasteiger partial charge in [0, 0.05) is 78.2 Å². The Morgan fingerprint density at radius 2 is 0.553 bits per heavy atom. The molecule has 0 bridgehead atoms. The molecule has 5 heteroatoms. The summed E-state index contributed by atoms with van der Waals surface area (Å²) in [6.07, 6.45) is 0. The molecule has 0 amide bonds. The topological polar surface area (TPSA) is 29.2 Å². The molecule has 0 N–H and O–H groups in total. The average molecular weight is 972 g/mol. The van der Waals surface area contributed by atoms with Crippen molar-refractivity contribution in [1.82, 2.24) is 14.1 Å². The maximum absolute atomic E-state index is 5.41. The Morgan fingerprint density at radius 3 is 0.934 bits per heavy atom. The molecule has 76 heavy (non-hydrogen) atoms. The number of para-hydroxylation sites is 6. The van der Waals surface area contributed by atoms with Crippen LogP contribution in [0.15, 0.2) is 297 Å². The van der Waals surface area contributed by atoms with Gasteiger partial charge >= 0.3 is 0 Å². The van der Waals surface area contributed by atoms with Crippen molar-refractivity contribution < 1.29 is 0 Å². The fraction of sp³-hybridized carbons (Fsp3) is 0. The number of nitrogens with zero attached hydrogens (tertiary/aromatic N) is 5. The minimum absolute atomic E-state index is 0.916. The number of anilines is 6. The van der Waals surface area contributed by atoms with Crippen molar-refractivity contribution in [3.05, 3.63) is 297 Å². The molecule has 3 heterocycles. The lowest BCUT2D eigenvalue weighted by molar-refractivity contribution is 1.18. The van der Waals surface area contributed by atoms with Gasteiger partial charge in [-0.25, -0.2) is 4.98 Å². The van der Waals surface area contributed by atoms with E-state index in [1.807, 2.05) is 0 Å². The van der Waals surface area contributed by atoms with Gasteiger partial charge in [-0.15, -0.1) is 0 Å². The van der Waals surface area contributed by atoms with E-state index in [-0.39, 0.29) is 0 Å². The third-order valence-electron chi connectivity index (χ3n) is 14.7. The van der Waals surface area contributed by atoms with Crippen LogP contribution in [0.2, 0.25) is 0 Å². The molecule has 0 saturated heterocycles. The Bertz CT molecular complexity index is 4020. The van der Waals surface area contributed by atoms with E-state index in [0.29, 0.717) is 0 Å². The molecular weight excluding hydrogens is 923 g/mol. The highest BCUT2D eigenvalue weighted by atomic mass is 15.1. The first kappa shape index (κ1) is 44.5. The molecule has 0 unspecified atom stereocenters. The predicted molar refractivity (Wildman–Crippen MR) is 319 cm³/mol. The predicted octanol–water partition coefficient (Wildman–Crippen LogP) is 19.2. The highest BCUT2D eigenvalue weighted by Crippen LogP contribution is 2.42. The van der Waals surface area contributed by atoms with Crippen LogP contribution in [0.4, 0.5) is 34.1 Å². The monoisotopic (exact) mass is 971 g/mol. The SMILES string of the molecule is c1ccc(-c2cc(-c3ccc(-n4c5ccccc5c5cc(N(c6ccccc6)c6ccccc6)ccc54)cc3)nc(-c3ccc(-n4c5ccccc5c5cc(N(c6ccccc6)c6ccccc6)ccc54)cc3)c2)cc1. The van der Waals surface area contributed by atoms with Gasteiger partial charge in [-0.1, -0.05) is 164 Å². The summed E-state index contributed by atoms with van der Waals surface area (Å²) in [5.74, 6) is 0. The normalized spacial score (nSPS) is 11.4. The minimum Gasteiger partial charge on any atom is -0.310 e. The van der Waals surface area contributed by atoms with Gasteiger partial charge < -0.3 is 18.9 Å². The maximum Gasteiger partial charge on any atom is 0.0715 e. The second kappa shape index (κ2) is 19.0. The zero-order valence-corrected chi connectivity index (χ0v) is 41.5. The van der Waals surface area contributed by atoms with E-state index in [0.717, 1.165) is 101 Å². The average Bonchev–Trinajstić information content (AvgIpc) is 4.02. The van der Waals surface area contributed by atoms with E-state index < -0.39 is 0 Å². The van der Waals surface area contributed by atoms with Crippen LogP contribution in [-0.2, 0) is 0 Å². The lowest BCUT2D eigenvalue weighted by Crippen LogP contribution is -2.09. The third kappa shape index (κ3) is 7.95. The van der Waals surface area contributed by atoms with Crippen LogP contribution in [0, 0.1) is 0 Å². The third-order valence-corrected chi connectivity index (χ3v) is 14.7. The van der Waals surface area contributed by atoms with Gasteiger partial charge in [0.1, 0.15) is 0 Å². The molecule has 0 aliphatic rings. The Morgan fingerprint density at radius 1 is 0.224 bits per heavy atom. The van der Waals surface area contributed by atoms with Crippen molar-refractivity contribution in [1.29, 1.82) is 0 Å². The van der Waals surface area contributed by atoms with E-state index in [2.05, 4.69) is 316 Å². The molecule has 0 spiro atoms. The van der Waals surface area contributed by atoms with E-state index in [1.165, 1.54) is 21.5 Å². The second-order valence-electron chi connectivity index (χ2n) is 19.2. The summed E-state index contributed by atoms with van der Waals surface area (Å²) >= 11 is 0. The van der Waals surface area contributed by atoms with Crippen LogP contribution in [0.25, 0.3) is 88.6 Å². The summed E-state index contributed by atoms with van der Waals surface area (Å²) in [5.41, 5.74) is 19.6. The zero-order chi connectivity index (χ0) is 50.4. The minimum atomic E-state index is 0.916. The molecule has 14 aromatic rings. The van der Waals surface area contributed by atoms with Crippen molar-refractivity contribution in [2.24, 2.45) is 0 Å². The Kier molecular flexibility index (Phi) is 11.1. The van der Waals surface area contributed by atoms with Crippen LogP contribution < -0.4 is 9.80 Å². The van der Waals surface area contributed by atoms with Crippen LogP contribution >= 0.6 is 0 Å². The molecule has 3 aromatic heterocycles. The largest absolute Gasteiger partial charge is 0.310 e. The van der Waals surface area contributed by atoms with Crippen molar-refractivity contribution in [2.45, 2.75) is 0 Å². The number of pyridine rings is 1. The maximum atomic E-state index is 5.41. The number of hydrogen-bond acceptors (Lipinski definition) is 3. The Labute approximate surface area is 441 Å². The molecule has 0 atom stereocenters. The first-order valence-corrected chi connectivity index (χ1v) is 25.9. The van der Waals surface area contributed by atoms with Crippen LogP contribution in [0.5, 0.6) is 0 Å². The van der Waals surface area contributed by atoms with Crippen molar-refractivity contribution in [3.63, 3.8) is 0 Å². The van der Waals surface area contributed by atoms with Crippen molar-refractivity contribution in [3.8, 4) is 45.0 Å². The Hall–Kier alpha value is -10.2. The summed E-state index contributed by atoms with van der Waals surface area (Å²) in [5, 5.41) is 4.81. The van der Waals surface area contributed by atoms with E-state index in [1.54, 1.807) is 0 Å². The number of aromatic nitrogens is 3. The van der Waals surface area contributed by atoms with Gasteiger partial charge in [0.25, 0.3) is 0 Å². The van der Waals surface area contributed by atoms with E-state index in [4.69, 9.17) is 4.98 Å². The van der Waals surface area contributed by atoms with Gasteiger partial charge in [0.2, 0.25) is 0 Å². The van der Waals surface area contributed by atoms with E-state index in [9.17, 15) is 0 Å². The van der Waals surface area contributed by atoms with Gasteiger partial charge in [-0.3, -0.25) is 0 Å². The molecule has 11 aromatic carbocycles. The molecule has 0 radical (unpaired) electrons. The van der Waals surface area contributed by atoms with Gasteiger partial charge in [-0.2, -0.15) is 0 Å². The highest BCUT2D eigenvalue weighted by Gasteiger charge is 2.20. The number of benzene rings is 11. The van der Waals surface area contributed by atoms with Crippen molar-refractivity contribution >= 4 is 77.7 Å². The van der Waals surface area contributed by atoms with Crippen LogP contribution in [-0.4, -0.2) is 14.1 Å². The molecule has 358 valence electrons. The molecular formula is C71H49N5. The highest BCUT2D eigenvalue weighted by molar-refractivity contribution is 6.12. The molecule has 0 saturated carbocycles. The van der Waals surface area contributed by atoms with Gasteiger partial charge in [0.15, 0.2) is 0 Å². The molecule has 14 rings (SSSR count). The molecule has 5 nitrogen and oxygen atoms in total. The molecule has 0 aliphatic carbocycles. The first-order chi connectivity index (χ1) is 37.7. The summed E-state index contributed by atoms with van der Waals surface area (Å²) in [4.78, 5) is 10.1. The smallest absolute Gasteiger partial charge is 0.0715 e. The fourth-order valence-corrected chi connectivity index (χ4v) is 11.1. The lowest BCUT2D eigenvalue weighted by atomic mass is 10.00. The van der Waals surface area contributed by atoms with Crippen molar-refractivity contribution in [2.75, 3.05) is 9.80 Å². The summed E-state index contributed by atoms with van der Waals surface area (Å²) in [6.45, 7) is 0. The van der Waals surface area contributed by atoms with Gasteiger partial charge in [-0.05, 0) is 145 Å². The molecule has 0 fully saturated rings. The lowest BCUT2D eigenvalue weighted by Gasteiger charge is -2.25. The summed E-state index contributed by atoms with van der Waals surface area (Å²) in [7, 11) is 0. The fourth-order valence-electron chi connectivity index (χ4n) is 11.1. The number of fused-ring (bicyclic) bond motifs is 6. The molecule has 0 aliphatic heterocycles. The second-order valence-corrected chi connectivity index (χ2v) is 19.2. The quantitative estimate of drug-likeness (QED) is 0.129. The Balaban J connectivity index is 0.826. The standard InChI is InChI=1S/C71H49N5/c1-6-20-50(21-7-1)53-46-66(51-34-38-58(39-35-51)75-68-32-18-16-30-62(68)64-48-60(42-44-70(64)75)73(54-22-8-2-9-23-54)55-24-10-3-11-25-55)72-67(47-53)52-36-40-59(41-37-52)76-69-33-19-17-31-63(69)65-49-61(43-45-71(65)76)74(56-26-12-4-13-27-56)57-28-14-5-15-29-57/h1-49H. The van der Waals surface area contributed by atoms with Crippen LogP contribution in [0.1, 0.15) is 0 Å².